The van der Waals surface area contributed by atoms with Crippen molar-refractivity contribution < 1.29 is 0 Å². The van der Waals surface area contributed by atoms with Crippen LogP contribution in [0.15, 0.2) is 30.3 Å². The second kappa shape index (κ2) is 5.19. The average molecular weight is 407 g/mol. The highest BCUT2D eigenvalue weighted by Gasteiger charge is 2.14. The smallest absolute Gasteiger partial charge is 0.0655 e. The number of aryl methyl sites for hydroxylation is 2. The first-order valence-corrected chi connectivity index (χ1v) is 7.85. The Kier molecular flexibility index (Phi) is 4.08. The number of hydrogen-bond donors (Lipinski definition) is 0. The molecule has 1 atom stereocenters. The Bertz CT molecular complexity index is 487. The fourth-order valence-electron chi connectivity index (χ4n) is 1.71. The monoisotopic (exact) mass is 406 g/mol. The van der Waals surface area contributed by atoms with Crippen LogP contribution in [0.5, 0.6) is 0 Å². The summed E-state index contributed by atoms with van der Waals surface area (Å²) in [5.41, 5.74) is 2.71. The van der Waals surface area contributed by atoms with Crippen molar-refractivity contribution >= 4 is 49.9 Å². The van der Waals surface area contributed by atoms with Gasteiger partial charge in [-0.1, -0.05) is 28.1 Å². The lowest BCUT2D eigenvalue weighted by Gasteiger charge is -2.10. The Hall–Kier alpha value is 0.130. The van der Waals surface area contributed by atoms with E-state index in [4.69, 9.17) is 0 Å². The Labute approximate surface area is 122 Å². The fraction of sp³-hybridized carbons (Fsp3) is 0.231. The predicted octanol–water partition coefficient (Wildman–Crippen LogP) is 5.45. The Morgan fingerprint density at radius 3 is 2.31 bits per heavy atom. The van der Waals surface area contributed by atoms with Gasteiger partial charge < -0.3 is 0 Å². The molecule has 0 spiro atoms. The van der Waals surface area contributed by atoms with Gasteiger partial charge in [-0.15, -0.1) is 11.3 Å². The second-order valence-electron chi connectivity index (χ2n) is 3.78. The summed E-state index contributed by atoms with van der Waals surface area (Å²) in [5.74, 6) is 0. The molecule has 0 saturated carbocycles. The Morgan fingerprint density at radius 2 is 1.81 bits per heavy atom. The number of thiophene rings is 1. The lowest BCUT2D eigenvalue weighted by molar-refractivity contribution is 1.17. The Balaban J connectivity index is 2.35. The molecule has 0 aliphatic heterocycles. The third-order valence-corrected chi connectivity index (χ3v) is 5.24. The van der Waals surface area contributed by atoms with Gasteiger partial charge in [-0.05, 0) is 65.8 Å². The third-order valence-electron chi connectivity index (χ3n) is 2.52. The van der Waals surface area contributed by atoms with Crippen LogP contribution in [0.1, 0.15) is 25.7 Å². The fourth-order valence-corrected chi connectivity index (χ4v) is 3.97. The van der Waals surface area contributed by atoms with Gasteiger partial charge in [0.1, 0.15) is 0 Å². The van der Waals surface area contributed by atoms with E-state index < -0.39 is 0 Å². The molecule has 3 heteroatoms. The maximum Gasteiger partial charge on any atom is 0.0655 e. The van der Waals surface area contributed by atoms with Gasteiger partial charge in [-0.25, -0.2) is 0 Å². The van der Waals surface area contributed by atoms with Crippen molar-refractivity contribution in [3.8, 4) is 0 Å². The molecule has 0 amide bonds. The summed E-state index contributed by atoms with van der Waals surface area (Å²) in [6, 6.07) is 11.0. The van der Waals surface area contributed by atoms with Gasteiger partial charge in [0.25, 0.3) is 0 Å². The highest BCUT2D eigenvalue weighted by atomic mass is 127. The first-order valence-electron chi connectivity index (χ1n) is 5.04. The molecule has 0 aliphatic rings. The molecule has 0 aliphatic carbocycles. The molecular weight excluding hydrogens is 395 g/mol. The summed E-state index contributed by atoms with van der Waals surface area (Å²) in [4.78, 5) is 3.09. The molecule has 1 aromatic carbocycles. The van der Waals surface area contributed by atoms with Crippen LogP contribution in [0.2, 0.25) is 0 Å². The van der Waals surface area contributed by atoms with Crippen LogP contribution in [-0.2, 0) is 0 Å². The molecular formula is C13H12BrIS. The first-order chi connectivity index (χ1) is 7.58. The first kappa shape index (κ1) is 12.6. The molecule has 0 fully saturated rings. The van der Waals surface area contributed by atoms with Gasteiger partial charge in [0.2, 0.25) is 0 Å². The van der Waals surface area contributed by atoms with Gasteiger partial charge in [0, 0.05) is 13.3 Å². The largest absolute Gasteiger partial charge is 0.146 e. The van der Waals surface area contributed by atoms with E-state index >= 15 is 0 Å². The van der Waals surface area contributed by atoms with Crippen LogP contribution in [0.25, 0.3) is 0 Å². The molecule has 0 N–H and O–H groups in total. The predicted molar refractivity (Wildman–Crippen MR) is 83.7 cm³/mol. The molecule has 2 rings (SSSR count). The van der Waals surface area contributed by atoms with Gasteiger partial charge in [-0.2, -0.15) is 0 Å². The quantitative estimate of drug-likeness (QED) is 0.459. The average Bonchev–Trinajstić information content (AvgIpc) is 2.58. The molecule has 84 valence electrons. The van der Waals surface area contributed by atoms with Crippen molar-refractivity contribution in [3.05, 3.63) is 54.8 Å². The number of alkyl halides is 1. The van der Waals surface area contributed by atoms with E-state index in [1.165, 1.54) is 24.5 Å². The van der Waals surface area contributed by atoms with E-state index in [-0.39, 0.29) is 0 Å². The highest BCUT2D eigenvalue weighted by Crippen LogP contribution is 2.36. The molecule has 2 aromatic rings. The van der Waals surface area contributed by atoms with Gasteiger partial charge in [0.15, 0.2) is 0 Å². The van der Waals surface area contributed by atoms with E-state index in [1.807, 2.05) is 11.3 Å². The SMILES string of the molecule is Cc1cc(C(Br)c2ccc(I)cc2)c(C)s1. The third kappa shape index (κ3) is 2.68. The van der Waals surface area contributed by atoms with E-state index in [0.29, 0.717) is 4.83 Å². The van der Waals surface area contributed by atoms with Crippen molar-refractivity contribution in [1.29, 1.82) is 0 Å². The number of halogens is 2. The summed E-state index contributed by atoms with van der Waals surface area (Å²) in [7, 11) is 0. The minimum Gasteiger partial charge on any atom is -0.146 e. The maximum atomic E-state index is 3.79. The van der Waals surface area contributed by atoms with Crippen LogP contribution in [-0.4, -0.2) is 0 Å². The highest BCUT2D eigenvalue weighted by molar-refractivity contribution is 14.1. The van der Waals surface area contributed by atoms with E-state index in [1.54, 1.807) is 0 Å². The van der Waals surface area contributed by atoms with Crippen LogP contribution in [0.4, 0.5) is 0 Å². The van der Waals surface area contributed by atoms with E-state index in [2.05, 4.69) is 82.7 Å². The molecule has 0 nitrogen and oxygen atoms in total. The van der Waals surface area contributed by atoms with Crippen molar-refractivity contribution in [2.75, 3.05) is 0 Å². The van der Waals surface area contributed by atoms with Crippen molar-refractivity contribution in [2.24, 2.45) is 0 Å². The van der Waals surface area contributed by atoms with Crippen molar-refractivity contribution in [3.63, 3.8) is 0 Å². The molecule has 16 heavy (non-hydrogen) atoms. The summed E-state index contributed by atoms with van der Waals surface area (Å²) in [6.45, 7) is 4.35. The van der Waals surface area contributed by atoms with Gasteiger partial charge in [-0.3, -0.25) is 0 Å². The van der Waals surface area contributed by atoms with Crippen molar-refractivity contribution in [2.45, 2.75) is 18.7 Å². The minimum absolute atomic E-state index is 0.314. The summed E-state index contributed by atoms with van der Waals surface area (Å²) in [5, 5.41) is 0. The summed E-state index contributed by atoms with van der Waals surface area (Å²) >= 11 is 7.98. The van der Waals surface area contributed by atoms with Crippen LogP contribution in [0.3, 0.4) is 0 Å². The lowest BCUT2D eigenvalue weighted by atomic mass is 10.1. The van der Waals surface area contributed by atoms with E-state index in [0.717, 1.165) is 0 Å². The van der Waals surface area contributed by atoms with Crippen LogP contribution >= 0.6 is 49.9 Å². The number of hydrogen-bond acceptors (Lipinski definition) is 1. The van der Waals surface area contributed by atoms with Crippen LogP contribution in [0, 0.1) is 17.4 Å². The van der Waals surface area contributed by atoms with E-state index in [9.17, 15) is 0 Å². The van der Waals surface area contributed by atoms with Gasteiger partial charge in [0.05, 0.1) is 4.83 Å². The zero-order chi connectivity index (χ0) is 11.7. The molecule has 1 heterocycles. The topological polar surface area (TPSA) is 0 Å². The molecule has 0 bridgehead atoms. The zero-order valence-corrected chi connectivity index (χ0v) is 13.7. The second-order valence-corrected chi connectivity index (χ2v) is 7.40. The summed E-state index contributed by atoms with van der Waals surface area (Å²) in [6.07, 6.45) is 0. The lowest BCUT2D eigenvalue weighted by Crippen LogP contribution is -1.92. The number of rotatable bonds is 2. The van der Waals surface area contributed by atoms with Crippen LogP contribution < -0.4 is 0 Å². The molecule has 1 aromatic heterocycles. The number of benzene rings is 1. The molecule has 0 radical (unpaired) electrons. The molecule has 0 saturated heterocycles. The zero-order valence-electron chi connectivity index (χ0n) is 9.13. The van der Waals surface area contributed by atoms with Crippen molar-refractivity contribution in [1.82, 2.24) is 0 Å². The summed E-state index contributed by atoms with van der Waals surface area (Å²) < 4.78 is 1.28. The minimum atomic E-state index is 0.314. The standard InChI is InChI=1S/C13H12BrIS/c1-8-7-12(9(2)16-8)13(14)10-3-5-11(15)6-4-10/h3-7,13H,1-2H3. The maximum absolute atomic E-state index is 3.79. The molecule has 1 unspecified atom stereocenters. The van der Waals surface area contributed by atoms with Gasteiger partial charge >= 0.3 is 0 Å². The Morgan fingerprint density at radius 1 is 1.19 bits per heavy atom. The normalized spacial score (nSPS) is 12.8.